The zero-order valence-corrected chi connectivity index (χ0v) is 9.18. The van der Waals surface area contributed by atoms with Gasteiger partial charge in [-0.2, -0.15) is 22.0 Å². The first-order valence-electron chi connectivity index (χ1n) is 5.05. The minimum absolute atomic E-state index is 0.138. The number of halogens is 5. The van der Waals surface area contributed by atoms with Gasteiger partial charge < -0.3 is 10.3 Å². The van der Waals surface area contributed by atoms with Gasteiger partial charge in [0.05, 0.1) is 0 Å². The fourth-order valence-electron chi connectivity index (χ4n) is 1.47. The van der Waals surface area contributed by atoms with E-state index in [4.69, 9.17) is 0 Å². The minimum atomic E-state index is -5.92. The van der Waals surface area contributed by atoms with Gasteiger partial charge in [-0.25, -0.2) is 0 Å². The van der Waals surface area contributed by atoms with Gasteiger partial charge >= 0.3 is 18.0 Å². The molecule has 0 radical (unpaired) electrons. The molecule has 2 aromatic rings. The summed E-state index contributed by atoms with van der Waals surface area (Å²) in [7, 11) is 0. The van der Waals surface area contributed by atoms with Crippen molar-refractivity contribution in [2.45, 2.75) is 12.1 Å². The highest BCUT2D eigenvalue weighted by molar-refractivity contribution is 5.98. The fraction of sp³-hybridized carbons (Fsp3) is 0.182. The van der Waals surface area contributed by atoms with Gasteiger partial charge in [0, 0.05) is 22.8 Å². The Morgan fingerprint density at radius 3 is 2.42 bits per heavy atom. The van der Waals surface area contributed by atoms with Crippen molar-refractivity contribution in [3.63, 3.8) is 0 Å². The van der Waals surface area contributed by atoms with Crippen LogP contribution in [0.2, 0.25) is 0 Å². The van der Waals surface area contributed by atoms with Crippen LogP contribution in [0.25, 0.3) is 10.9 Å². The number of alkyl halides is 5. The highest BCUT2D eigenvalue weighted by atomic mass is 19.4. The number of fused-ring (bicyclic) bond motifs is 1. The van der Waals surface area contributed by atoms with Crippen molar-refractivity contribution in [1.29, 1.82) is 0 Å². The lowest BCUT2D eigenvalue weighted by atomic mass is 10.2. The Morgan fingerprint density at radius 2 is 1.79 bits per heavy atom. The van der Waals surface area contributed by atoms with Crippen LogP contribution in [0.15, 0.2) is 30.5 Å². The first-order valence-corrected chi connectivity index (χ1v) is 5.05. The predicted molar refractivity (Wildman–Crippen MR) is 57.9 cm³/mol. The number of nitrogens with one attached hydrogen (secondary N) is 2. The summed E-state index contributed by atoms with van der Waals surface area (Å²) in [4.78, 5) is 13.8. The molecule has 0 unspecified atom stereocenters. The number of H-pyrrole nitrogens is 1. The maximum absolute atomic E-state index is 12.7. The van der Waals surface area contributed by atoms with E-state index in [0.29, 0.717) is 10.9 Å². The molecule has 0 aliphatic carbocycles. The maximum atomic E-state index is 12.7. The third kappa shape index (κ3) is 2.38. The van der Waals surface area contributed by atoms with E-state index in [1.807, 2.05) is 0 Å². The van der Waals surface area contributed by atoms with Crippen LogP contribution in [-0.4, -0.2) is 23.0 Å². The molecular formula is C11H7F5N2O. The van der Waals surface area contributed by atoms with E-state index in [-0.39, 0.29) is 5.69 Å². The van der Waals surface area contributed by atoms with Crippen molar-refractivity contribution in [2.75, 3.05) is 5.32 Å². The Bertz CT molecular complexity index is 617. The monoisotopic (exact) mass is 278 g/mol. The van der Waals surface area contributed by atoms with Crippen LogP contribution >= 0.6 is 0 Å². The second-order valence-electron chi connectivity index (χ2n) is 3.81. The maximum Gasteiger partial charge on any atom is 0.463 e. The lowest BCUT2D eigenvalue weighted by molar-refractivity contribution is -0.267. The topological polar surface area (TPSA) is 44.9 Å². The van der Waals surface area contributed by atoms with Crippen LogP contribution in [0.3, 0.4) is 0 Å². The quantitative estimate of drug-likeness (QED) is 0.813. The van der Waals surface area contributed by atoms with Crippen LogP contribution < -0.4 is 5.32 Å². The predicted octanol–water partition coefficient (Wildman–Crippen LogP) is 3.30. The number of aromatic nitrogens is 1. The molecule has 1 aromatic heterocycles. The normalized spacial score (nSPS) is 12.7. The molecule has 0 bridgehead atoms. The van der Waals surface area contributed by atoms with E-state index in [0.717, 1.165) is 0 Å². The standard InChI is InChI=1S/C11H7F5N2O/c12-10(13,11(14,15)16)9(19)18-7-1-2-8-6(5-7)3-4-17-8/h1-5,17H,(H,18,19). The molecule has 2 rings (SSSR count). The van der Waals surface area contributed by atoms with E-state index in [9.17, 15) is 26.7 Å². The van der Waals surface area contributed by atoms with Crippen molar-refractivity contribution in [2.24, 2.45) is 0 Å². The van der Waals surface area contributed by atoms with Crippen molar-refractivity contribution in [3.05, 3.63) is 30.5 Å². The molecule has 102 valence electrons. The van der Waals surface area contributed by atoms with Gasteiger partial charge in [-0.1, -0.05) is 0 Å². The lowest BCUT2D eigenvalue weighted by Gasteiger charge is -2.18. The van der Waals surface area contributed by atoms with Crippen molar-refractivity contribution < 1.29 is 26.7 Å². The summed E-state index contributed by atoms with van der Waals surface area (Å²) < 4.78 is 61.4. The van der Waals surface area contributed by atoms with Crippen molar-refractivity contribution in [3.8, 4) is 0 Å². The molecule has 1 amide bonds. The van der Waals surface area contributed by atoms with Gasteiger partial charge in [0.25, 0.3) is 0 Å². The zero-order chi connectivity index (χ0) is 14.3. The van der Waals surface area contributed by atoms with Crippen LogP contribution in [0, 0.1) is 0 Å². The number of rotatable bonds is 2. The summed E-state index contributed by atoms with van der Waals surface area (Å²) in [6, 6.07) is 5.56. The van der Waals surface area contributed by atoms with Gasteiger partial charge in [-0.05, 0) is 24.3 Å². The molecule has 19 heavy (non-hydrogen) atoms. The summed E-state index contributed by atoms with van der Waals surface area (Å²) in [5.41, 5.74) is 0.529. The second kappa shape index (κ2) is 4.22. The van der Waals surface area contributed by atoms with E-state index >= 15 is 0 Å². The summed E-state index contributed by atoms with van der Waals surface area (Å²) >= 11 is 0. The van der Waals surface area contributed by atoms with E-state index in [1.54, 1.807) is 17.6 Å². The van der Waals surface area contributed by atoms with Gasteiger partial charge in [0.2, 0.25) is 0 Å². The summed E-state index contributed by atoms with van der Waals surface area (Å²) in [5, 5.41) is 2.12. The first-order chi connectivity index (χ1) is 8.72. The number of aromatic amines is 1. The second-order valence-corrected chi connectivity index (χ2v) is 3.81. The summed E-state index contributed by atoms with van der Waals surface area (Å²) in [5.74, 6) is -7.84. The molecule has 0 aliphatic heterocycles. The fourth-order valence-corrected chi connectivity index (χ4v) is 1.47. The van der Waals surface area contributed by atoms with Crippen LogP contribution in [0.1, 0.15) is 0 Å². The summed E-state index contributed by atoms with van der Waals surface area (Å²) in [6.45, 7) is 0. The number of carbonyl (C=O) groups is 1. The number of anilines is 1. The van der Waals surface area contributed by atoms with Gasteiger partial charge in [0.1, 0.15) is 0 Å². The van der Waals surface area contributed by atoms with Gasteiger partial charge in [-0.3, -0.25) is 4.79 Å². The van der Waals surface area contributed by atoms with Crippen molar-refractivity contribution >= 4 is 22.5 Å². The highest BCUT2D eigenvalue weighted by Crippen LogP contribution is 2.36. The smallest absolute Gasteiger partial charge is 0.361 e. The van der Waals surface area contributed by atoms with E-state index in [1.165, 1.54) is 18.2 Å². The first kappa shape index (κ1) is 13.3. The molecule has 0 saturated heterocycles. The molecule has 0 spiro atoms. The number of amides is 1. The number of carbonyl (C=O) groups excluding carboxylic acids is 1. The SMILES string of the molecule is O=C(Nc1ccc2[nH]ccc2c1)C(F)(F)C(F)(F)F. The zero-order valence-electron chi connectivity index (χ0n) is 9.18. The van der Waals surface area contributed by atoms with Crippen LogP contribution in [-0.2, 0) is 4.79 Å². The Kier molecular flexibility index (Phi) is 2.95. The summed E-state index contributed by atoms with van der Waals surface area (Å²) in [6.07, 6.45) is -4.35. The third-order valence-corrected chi connectivity index (χ3v) is 2.45. The largest absolute Gasteiger partial charge is 0.463 e. The van der Waals surface area contributed by atoms with Gasteiger partial charge in [0.15, 0.2) is 0 Å². The minimum Gasteiger partial charge on any atom is -0.361 e. The molecule has 1 heterocycles. The van der Waals surface area contributed by atoms with Gasteiger partial charge in [-0.15, -0.1) is 0 Å². The molecular weight excluding hydrogens is 271 g/mol. The molecule has 2 N–H and O–H groups in total. The Balaban J connectivity index is 2.23. The molecule has 0 fully saturated rings. The van der Waals surface area contributed by atoms with Crippen LogP contribution in [0.5, 0.6) is 0 Å². The van der Waals surface area contributed by atoms with E-state index < -0.39 is 18.0 Å². The Labute approximate surface area is 103 Å². The average Bonchev–Trinajstić information content (AvgIpc) is 2.74. The highest BCUT2D eigenvalue weighted by Gasteiger charge is 2.63. The molecule has 8 heteroatoms. The Morgan fingerprint density at radius 1 is 1.11 bits per heavy atom. The average molecular weight is 278 g/mol. The third-order valence-electron chi connectivity index (χ3n) is 2.45. The number of hydrogen-bond acceptors (Lipinski definition) is 1. The molecule has 0 atom stereocenters. The molecule has 1 aromatic carbocycles. The Hall–Kier alpha value is -2.12. The molecule has 3 nitrogen and oxygen atoms in total. The molecule has 0 aliphatic rings. The lowest BCUT2D eigenvalue weighted by Crippen LogP contribution is -2.47. The van der Waals surface area contributed by atoms with E-state index in [2.05, 4.69) is 4.98 Å². The number of benzene rings is 1. The number of hydrogen-bond donors (Lipinski definition) is 2. The van der Waals surface area contributed by atoms with Crippen LogP contribution in [0.4, 0.5) is 27.6 Å². The molecule has 0 saturated carbocycles. The van der Waals surface area contributed by atoms with Crippen molar-refractivity contribution in [1.82, 2.24) is 4.98 Å².